The fraction of sp³-hybridized carbons (Fsp3) is 0.762. The van der Waals surface area contributed by atoms with Gasteiger partial charge in [-0.15, -0.1) is 0 Å². The lowest BCUT2D eigenvalue weighted by Gasteiger charge is -2.28. The number of hydrogen-bond acceptors (Lipinski definition) is 3. The molecule has 2 bridgehead atoms. The summed E-state index contributed by atoms with van der Waals surface area (Å²) in [6, 6.07) is 0. The zero-order chi connectivity index (χ0) is 18.1. The minimum absolute atomic E-state index is 0.239. The number of aliphatic carboxylic acids is 1. The van der Waals surface area contributed by atoms with Crippen molar-refractivity contribution in [3.63, 3.8) is 0 Å². The van der Waals surface area contributed by atoms with E-state index in [0.717, 1.165) is 38.7 Å². The first-order valence-electron chi connectivity index (χ1n) is 9.96. The zero-order valence-electron chi connectivity index (χ0n) is 15.5. The van der Waals surface area contributed by atoms with Crippen LogP contribution >= 0.6 is 0 Å². The molecule has 25 heavy (non-hydrogen) atoms. The average Bonchev–Trinajstić information content (AvgIpc) is 3.17. The molecule has 4 nitrogen and oxygen atoms in total. The van der Waals surface area contributed by atoms with Crippen LogP contribution in [-0.2, 0) is 9.53 Å². The van der Waals surface area contributed by atoms with Gasteiger partial charge in [-0.1, -0.05) is 50.5 Å². The van der Waals surface area contributed by atoms with Crippen LogP contribution in [0.3, 0.4) is 0 Å². The van der Waals surface area contributed by atoms with Gasteiger partial charge in [-0.25, -0.2) is 0 Å². The van der Waals surface area contributed by atoms with Crippen LogP contribution in [0.25, 0.3) is 0 Å². The molecule has 2 rings (SSSR count). The van der Waals surface area contributed by atoms with E-state index in [0.29, 0.717) is 30.3 Å². The fourth-order valence-electron chi connectivity index (χ4n) is 4.15. The SMILES string of the molecule is CCCCC[C@@H](O)/C=C/[C@H]1C2COC(C2)[C@@H]1C/C=C\CCCC(=O)O. The van der Waals surface area contributed by atoms with Crippen LogP contribution in [0.1, 0.15) is 64.7 Å². The van der Waals surface area contributed by atoms with Crippen molar-refractivity contribution in [1.82, 2.24) is 0 Å². The molecule has 0 aromatic carbocycles. The van der Waals surface area contributed by atoms with Crippen molar-refractivity contribution in [2.45, 2.75) is 76.9 Å². The van der Waals surface area contributed by atoms with E-state index in [-0.39, 0.29) is 12.5 Å². The zero-order valence-corrected chi connectivity index (χ0v) is 15.5. The molecule has 142 valence electrons. The Morgan fingerprint density at radius 3 is 2.88 bits per heavy atom. The van der Waals surface area contributed by atoms with Gasteiger partial charge in [0, 0.05) is 6.42 Å². The molecule has 0 radical (unpaired) electrons. The third-order valence-electron chi connectivity index (χ3n) is 5.57. The number of allylic oxidation sites excluding steroid dienone is 3. The topological polar surface area (TPSA) is 66.8 Å². The predicted molar refractivity (Wildman–Crippen MR) is 99.4 cm³/mol. The van der Waals surface area contributed by atoms with Crippen LogP contribution in [0.15, 0.2) is 24.3 Å². The van der Waals surface area contributed by atoms with Crippen LogP contribution in [0.4, 0.5) is 0 Å². The molecule has 5 atom stereocenters. The highest BCUT2D eigenvalue weighted by atomic mass is 16.5. The second-order valence-electron chi connectivity index (χ2n) is 7.55. The smallest absolute Gasteiger partial charge is 0.303 e. The number of hydrogen-bond donors (Lipinski definition) is 2. The predicted octanol–water partition coefficient (Wildman–Crippen LogP) is 4.34. The molecule has 1 aliphatic heterocycles. The molecule has 4 heteroatoms. The van der Waals surface area contributed by atoms with Crippen molar-refractivity contribution >= 4 is 5.97 Å². The maximum atomic E-state index is 10.5. The molecule has 0 aromatic heterocycles. The van der Waals surface area contributed by atoms with Crippen LogP contribution in [0.2, 0.25) is 0 Å². The molecule has 0 amide bonds. The Morgan fingerprint density at radius 2 is 2.12 bits per heavy atom. The molecule has 0 spiro atoms. The number of carbonyl (C=O) groups is 1. The summed E-state index contributed by atoms with van der Waals surface area (Å²) in [7, 11) is 0. The fourth-order valence-corrected chi connectivity index (χ4v) is 4.15. The van der Waals surface area contributed by atoms with E-state index >= 15 is 0 Å². The first-order chi connectivity index (χ1) is 12.1. The highest BCUT2D eigenvalue weighted by Gasteiger charge is 2.46. The molecule has 1 heterocycles. The van der Waals surface area contributed by atoms with Crippen molar-refractivity contribution in [1.29, 1.82) is 0 Å². The second kappa shape index (κ2) is 10.8. The molecular formula is C21H34O4. The molecule has 2 aliphatic rings. The van der Waals surface area contributed by atoms with Gasteiger partial charge in [-0.2, -0.15) is 0 Å². The van der Waals surface area contributed by atoms with Gasteiger partial charge in [0.2, 0.25) is 0 Å². The summed E-state index contributed by atoms with van der Waals surface area (Å²) in [5, 5.41) is 18.8. The highest BCUT2D eigenvalue weighted by molar-refractivity contribution is 5.66. The number of aliphatic hydroxyl groups excluding tert-OH is 1. The van der Waals surface area contributed by atoms with Gasteiger partial charge in [-0.05, 0) is 49.9 Å². The van der Waals surface area contributed by atoms with E-state index in [1.165, 1.54) is 12.8 Å². The number of ether oxygens (including phenoxy) is 1. The number of fused-ring (bicyclic) bond motifs is 2. The molecule has 1 aliphatic carbocycles. The lowest BCUT2D eigenvalue weighted by atomic mass is 9.85. The summed E-state index contributed by atoms with van der Waals surface area (Å²) >= 11 is 0. The van der Waals surface area contributed by atoms with Gasteiger partial charge in [0.15, 0.2) is 0 Å². The summed E-state index contributed by atoms with van der Waals surface area (Å²) in [6.07, 6.45) is 16.8. The molecule has 2 unspecified atom stereocenters. The summed E-state index contributed by atoms with van der Waals surface area (Å²) < 4.78 is 5.88. The average molecular weight is 350 g/mol. The van der Waals surface area contributed by atoms with Crippen molar-refractivity contribution < 1.29 is 19.7 Å². The van der Waals surface area contributed by atoms with Crippen LogP contribution in [0.5, 0.6) is 0 Å². The van der Waals surface area contributed by atoms with Crippen LogP contribution in [0, 0.1) is 17.8 Å². The number of aliphatic hydroxyl groups is 1. The van der Waals surface area contributed by atoms with Gasteiger partial charge >= 0.3 is 5.97 Å². The Morgan fingerprint density at radius 1 is 1.28 bits per heavy atom. The first kappa shape index (κ1) is 20.2. The van der Waals surface area contributed by atoms with E-state index in [1.54, 1.807) is 0 Å². The second-order valence-corrected chi connectivity index (χ2v) is 7.55. The standard InChI is InChI=1S/C21H34O4/c1-2-3-6-9-17(22)12-13-18-16-14-20(25-15-16)19(18)10-7-4-5-8-11-21(23)24/h4,7,12-13,16-20,22H,2-3,5-6,8-11,14-15H2,1H3,(H,23,24)/b7-4-,13-12+/t16?,17-,18+,19-,20?/m1/s1. The summed E-state index contributed by atoms with van der Waals surface area (Å²) in [5.41, 5.74) is 0. The number of carboxylic acid groups (broad SMARTS) is 1. The van der Waals surface area contributed by atoms with Crippen molar-refractivity contribution in [3.05, 3.63) is 24.3 Å². The van der Waals surface area contributed by atoms with Crippen LogP contribution < -0.4 is 0 Å². The molecule has 1 saturated carbocycles. The molecular weight excluding hydrogens is 316 g/mol. The highest BCUT2D eigenvalue weighted by Crippen LogP contribution is 2.47. The first-order valence-corrected chi connectivity index (χ1v) is 9.96. The maximum absolute atomic E-state index is 10.5. The monoisotopic (exact) mass is 350 g/mol. The van der Waals surface area contributed by atoms with E-state index in [2.05, 4.69) is 25.2 Å². The van der Waals surface area contributed by atoms with Crippen molar-refractivity contribution in [2.75, 3.05) is 6.61 Å². The van der Waals surface area contributed by atoms with Gasteiger partial charge in [0.05, 0.1) is 18.8 Å². The molecule has 2 N–H and O–H groups in total. The maximum Gasteiger partial charge on any atom is 0.303 e. The molecule has 0 aromatic rings. The molecule has 1 saturated heterocycles. The minimum Gasteiger partial charge on any atom is -0.481 e. The molecule has 2 fully saturated rings. The number of rotatable bonds is 12. The Kier molecular flexibility index (Phi) is 8.70. The van der Waals surface area contributed by atoms with E-state index in [9.17, 15) is 9.90 Å². The Bertz CT molecular complexity index is 457. The van der Waals surface area contributed by atoms with Crippen molar-refractivity contribution in [3.8, 4) is 0 Å². The Labute approximate surface area is 152 Å². The van der Waals surface area contributed by atoms with Crippen molar-refractivity contribution in [2.24, 2.45) is 17.8 Å². The van der Waals surface area contributed by atoms with Gasteiger partial charge in [0.25, 0.3) is 0 Å². The lowest BCUT2D eigenvalue weighted by molar-refractivity contribution is -0.137. The van der Waals surface area contributed by atoms with E-state index < -0.39 is 5.97 Å². The number of unbranched alkanes of at least 4 members (excludes halogenated alkanes) is 3. The third kappa shape index (κ3) is 6.59. The quantitative estimate of drug-likeness (QED) is 0.406. The van der Waals surface area contributed by atoms with E-state index in [4.69, 9.17) is 9.84 Å². The summed E-state index contributed by atoms with van der Waals surface area (Å²) in [5.74, 6) is 0.865. The minimum atomic E-state index is -0.724. The Balaban J connectivity index is 1.78. The summed E-state index contributed by atoms with van der Waals surface area (Å²) in [4.78, 5) is 10.5. The number of carboxylic acids is 1. The third-order valence-corrected chi connectivity index (χ3v) is 5.57. The van der Waals surface area contributed by atoms with Gasteiger partial charge < -0.3 is 14.9 Å². The van der Waals surface area contributed by atoms with E-state index in [1.807, 2.05) is 6.08 Å². The van der Waals surface area contributed by atoms with Crippen LogP contribution in [-0.4, -0.2) is 35.0 Å². The Hall–Kier alpha value is -1.13. The van der Waals surface area contributed by atoms with Gasteiger partial charge in [0.1, 0.15) is 0 Å². The normalized spacial score (nSPS) is 29.8. The largest absolute Gasteiger partial charge is 0.481 e. The van der Waals surface area contributed by atoms with Gasteiger partial charge in [-0.3, -0.25) is 4.79 Å². The lowest BCUT2D eigenvalue weighted by Crippen LogP contribution is -2.27. The summed E-state index contributed by atoms with van der Waals surface area (Å²) in [6.45, 7) is 3.03.